The Morgan fingerprint density at radius 2 is 1.76 bits per heavy atom. The summed E-state index contributed by atoms with van der Waals surface area (Å²) >= 11 is 0. The van der Waals surface area contributed by atoms with E-state index >= 15 is 0 Å². The second kappa shape index (κ2) is 8.80. The normalized spacial score (nSPS) is 11.7. The summed E-state index contributed by atoms with van der Waals surface area (Å²) in [6.07, 6.45) is 1.59. The molecule has 0 radical (unpaired) electrons. The molecule has 0 saturated heterocycles. The van der Waals surface area contributed by atoms with Crippen LogP contribution in [0.15, 0.2) is 24.3 Å². The van der Waals surface area contributed by atoms with Crippen molar-refractivity contribution >= 4 is 11.6 Å². The zero-order chi connectivity index (χ0) is 13.3. The number of hydrogen-bond donors (Lipinski definition) is 0. The molecule has 96 valence electrons. The first-order valence-electron chi connectivity index (χ1n) is 6.71. The van der Waals surface area contributed by atoms with Crippen molar-refractivity contribution in [3.05, 3.63) is 29.8 Å². The van der Waals surface area contributed by atoms with Crippen molar-refractivity contribution in [3.63, 3.8) is 0 Å². The number of carbonyl (C=O) groups excluding carboxylic acids is 1. The van der Waals surface area contributed by atoms with E-state index in [1.165, 1.54) is 5.56 Å². The van der Waals surface area contributed by atoms with Crippen LogP contribution >= 0.6 is 0 Å². The Bertz CT molecular complexity index is 333. The quantitative estimate of drug-likeness (QED) is 0.719. The SMILES string of the molecule is CC.CC.CCC(=O)N1CCc2ccccc21. The maximum Gasteiger partial charge on any atom is 0.226 e. The number of fused-ring (bicyclic) bond motifs is 1. The van der Waals surface area contributed by atoms with Gasteiger partial charge in [-0.15, -0.1) is 0 Å². The van der Waals surface area contributed by atoms with Gasteiger partial charge in [0.05, 0.1) is 0 Å². The molecule has 0 N–H and O–H groups in total. The van der Waals surface area contributed by atoms with Crippen LogP contribution in [0, 0.1) is 0 Å². The van der Waals surface area contributed by atoms with Gasteiger partial charge < -0.3 is 4.90 Å². The Balaban J connectivity index is 0.000000581. The lowest BCUT2D eigenvalue weighted by Crippen LogP contribution is -2.27. The molecule has 1 heterocycles. The fourth-order valence-electron chi connectivity index (χ4n) is 1.79. The zero-order valence-electron chi connectivity index (χ0n) is 11.8. The first-order chi connectivity index (χ1) is 8.33. The largest absolute Gasteiger partial charge is 0.312 e. The summed E-state index contributed by atoms with van der Waals surface area (Å²) in [5, 5.41) is 0. The van der Waals surface area contributed by atoms with Gasteiger partial charge in [-0.05, 0) is 18.1 Å². The van der Waals surface area contributed by atoms with Gasteiger partial charge in [0.15, 0.2) is 0 Å². The molecule has 1 aliphatic rings. The molecule has 1 aliphatic heterocycles. The Morgan fingerprint density at radius 3 is 2.35 bits per heavy atom. The molecule has 2 heteroatoms. The number of amides is 1. The lowest BCUT2D eigenvalue weighted by Gasteiger charge is -2.15. The van der Waals surface area contributed by atoms with Crippen molar-refractivity contribution in [3.8, 4) is 0 Å². The molecule has 0 aliphatic carbocycles. The number of nitrogens with zero attached hydrogens (tertiary/aromatic N) is 1. The summed E-state index contributed by atoms with van der Waals surface area (Å²) in [6.45, 7) is 10.8. The van der Waals surface area contributed by atoms with E-state index < -0.39 is 0 Å². The third kappa shape index (κ3) is 3.88. The first kappa shape index (κ1) is 15.7. The highest BCUT2D eigenvalue weighted by molar-refractivity contribution is 5.95. The van der Waals surface area contributed by atoms with E-state index in [9.17, 15) is 4.79 Å². The first-order valence-corrected chi connectivity index (χ1v) is 6.71. The molecule has 0 aromatic heterocycles. The third-order valence-corrected chi connectivity index (χ3v) is 2.49. The van der Waals surface area contributed by atoms with Crippen LogP contribution in [0.1, 0.15) is 46.6 Å². The second-order valence-electron chi connectivity index (χ2n) is 3.28. The van der Waals surface area contributed by atoms with Crippen molar-refractivity contribution in [1.82, 2.24) is 0 Å². The monoisotopic (exact) mass is 235 g/mol. The molecule has 2 nitrogen and oxygen atoms in total. The summed E-state index contributed by atoms with van der Waals surface area (Å²) < 4.78 is 0. The van der Waals surface area contributed by atoms with Crippen molar-refractivity contribution in [2.45, 2.75) is 47.5 Å². The molecule has 1 amide bonds. The minimum absolute atomic E-state index is 0.227. The fraction of sp³-hybridized carbons (Fsp3) is 0.533. The highest BCUT2D eigenvalue weighted by Crippen LogP contribution is 2.27. The fourth-order valence-corrected chi connectivity index (χ4v) is 1.79. The highest BCUT2D eigenvalue weighted by Gasteiger charge is 2.22. The van der Waals surface area contributed by atoms with E-state index in [0.717, 1.165) is 18.7 Å². The maximum absolute atomic E-state index is 11.5. The molecule has 0 spiro atoms. The van der Waals surface area contributed by atoms with Gasteiger partial charge in [0, 0.05) is 18.7 Å². The summed E-state index contributed by atoms with van der Waals surface area (Å²) in [5.74, 6) is 0.227. The standard InChI is InChI=1S/C11H13NO.2C2H6/c1-2-11(13)12-8-7-9-5-3-4-6-10(9)12;2*1-2/h3-6H,2,7-8H2,1H3;2*1-2H3. The van der Waals surface area contributed by atoms with Gasteiger partial charge >= 0.3 is 0 Å². The number of benzene rings is 1. The van der Waals surface area contributed by atoms with E-state index in [1.54, 1.807) is 0 Å². The van der Waals surface area contributed by atoms with E-state index in [1.807, 2.05) is 57.7 Å². The molecule has 0 saturated carbocycles. The number of anilines is 1. The van der Waals surface area contributed by atoms with E-state index in [-0.39, 0.29) is 5.91 Å². The van der Waals surface area contributed by atoms with Crippen molar-refractivity contribution in [2.75, 3.05) is 11.4 Å². The van der Waals surface area contributed by atoms with Gasteiger partial charge in [0.25, 0.3) is 0 Å². The minimum atomic E-state index is 0.227. The lowest BCUT2D eigenvalue weighted by molar-refractivity contribution is -0.118. The summed E-state index contributed by atoms with van der Waals surface area (Å²) in [6, 6.07) is 8.13. The van der Waals surface area contributed by atoms with Crippen LogP contribution in [-0.4, -0.2) is 12.5 Å². The molecule has 1 aromatic carbocycles. The van der Waals surface area contributed by atoms with Gasteiger partial charge in [-0.2, -0.15) is 0 Å². The van der Waals surface area contributed by atoms with Crippen molar-refractivity contribution in [1.29, 1.82) is 0 Å². The average Bonchev–Trinajstić information content (AvgIpc) is 2.86. The van der Waals surface area contributed by atoms with Gasteiger partial charge in [-0.25, -0.2) is 0 Å². The summed E-state index contributed by atoms with van der Waals surface area (Å²) in [5.41, 5.74) is 2.40. The Hall–Kier alpha value is -1.31. The second-order valence-corrected chi connectivity index (χ2v) is 3.28. The smallest absolute Gasteiger partial charge is 0.226 e. The van der Waals surface area contributed by atoms with Gasteiger partial charge in [-0.3, -0.25) is 4.79 Å². The zero-order valence-corrected chi connectivity index (χ0v) is 11.8. The van der Waals surface area contributed by atoms with Crippen molar-refractivity contribution in [2.24, 2.45) is 0 Å². The van der Waals surface area contributed by atoms with E-state index in [4.69, 9.17) is 0 Å². The number of rotatable bonds is 1. The predicted octanol–water partition coefficient (Wildman–Crippen LogP) is 4.04. The van der Waals surface area contributed by atoms with Gasteiger partial charge in [0.1, 0.15) is 0 Å². The average molecular weight is 235 g/mol. The summed E-state index contributed by atoms with van der Waals surface area (Å²) in [7, 11) is 0. The Labute approximate surface area is 106 Å². The van der Waals surface area contributed by atoms with Crippen LogP contribution in [-0.2, 0) is 11.2 Å². The number of para-hydroxylation sites is 1. The van der Waals surface area contributed by atoms with E-state index in [2.05, 4.69) is 6.07 Å². The third-order valence-electron chi connectivity index (χ3n) is 2.49. The highest BCUT2D eigenvalue weighted by atomic mass is 16.2. The van der Waals surface area contributed by atoms with Crippen LogP contribution in [0.2, 0.25) is 0 Å². The van der Waals surface area contributed by atoms with Crippen LogP contribution in [0.4, 0.5) is 5.69 Å². The molecule has 1 aromatic rings. The minimum Gasteiger partial charge on any atom is -0.312 e. The molecular weight excluding hydrogens is 210 g/mol. The summed E-state index contributed by atoms with van der Waals surface area (Å²) in [4.78, 5) is 13.4. The Morgan fingerprint density at radius 1 is 1.18 bits per heavy atom. The molecule has 2 rings (SSSR count). The molecular formula is C15H25NO. The van der Waals surface area contributed by atoms with Crippen LogP contribution in [0.3, 0.4) is 0 Å². The maximum atomic E-state index is 11.5. The van der Waals surface area contributed by atoms with Crippen LogP contribution in [0.25, 0.3) is 0 Å². The van der Waals surface area contributed by atoms with E-state index in [0.29, 0.717) is 6.42 Å². The molecule has 0 atom stereocenters. The van der Waals surface area contributed by atoms with Crippen LogP contribution < -0.4 is 4.90 Å². The Kier molecular flexibility index (Phi) is 8.12. The molecule has 0 fully saturated rings. The molecule has 0 bridgehead atoms. The van der Waals surface area contributed by atoms with Crippen LogP contribution in [0.5, 0.6) is 0 Å². The number of hydrogen-bond acceptors (Lipinski definition) is 1. The van der Waals surface area contributed by atoms with Gasteiger partial charge in [0.2, 0.25) is 5.91 Å². The number of carbonyl (C=O) groups is 1. The predicted molar refractivity (Wildman–Crippen MR) is 75.5 cm³/mol. The lowest BCUT2D eigenvalue weighted by atomic mass is 10.2. The van der Waals surface area contributed by atoms with Crippen molar-refractivity contribution < 1.29 is 4.79 Å². The topological polar surface area (TPSA) is 20.3 Å². The van der Waals surface area contributed by atoms with Gasteiger partial charge in [-0.1, -0.05) is 52.8 Å². The molecule has 17 heavy (non-hydrogen) atoms. The molecule has 0 unspecified atom stereocenters.